The Hall–Kier alpha value is -7.82. The highest BCUT2D eigenvalue weighted by molar-refractivity contribution is 6.17. The first-order chi connectivity index (χ1) is 28.7. The van der Waals surface area contributed by atoms with Crippen molar-refractivity contribution in [3.8, 4) is 44.8 Å². The van der Waals surface area contributed by atoms with Crippen LogP contribution in [0.3, 0.4) is 0 Å². The molecule has 0 radical (unpaired) electrons. The Kier molecular flexibility index (Phi) is 8.11. The number of hydrogen-bond donors (Lipinski definition) is 0. The van der Waals surface area contributed by atoms with Crippen molar-refractivity contribution in [2.24, 2.45) is 0 Å². The quantitative estimate of drug-likeness (QED) is 0.163. The van der Waals surface area contributed by atoms with Crippen LogP contribution in [0.5, 0.6) is 0 Å². The molecule has 0 saturated heterocycles. The first kappa shape index (κ1) is 33.5. The Balaban J connectivity index is 1.05. The minimum absolute atomic E-state index is 0.823. The zero-order valence-electron chi connectivity index (χ0n) is 31.5. The lowest BCUT2D eigenvalue weighted by Crippen LogP contribution is -2.09. The van der Waals surface area contributed by atoms with Gasteiger partial charge in [-0.05, 0) is 88.1 Å². The smallest absolute Gasteiger partial charge is 0.143 e. The molecule has 58 heavy (non-hydrogen) atoms. The summed E-state index contributed by atoms with van der Waals surface area (Å²) < 4.78 is 6.78. The van der Waals surface area contributed by atoms with E-state index in [1.165, 1.54) is 21.9 Å². The molecule has 0 saturated carbocycles. The molecule has 0 atom stereocenters. The third-order valence-electron chi connectivity index (χ3n) is 11.1. The van der Waals surface area contributed by atoms with Crippen LogP contribution in [0.15, 0.2) is 217 Å². The lowest BCUT2D eigenvalue weighted by atomic mass is 9.94. The zero-order chi connectivity index (χ0) is 38.4. The van der Waals surface area contributed by atoms with E-state index >= 15 is 0 Å². The molecular weight excluding hydrogens is 707 g/mol. The fourth-order valence-electron chi connectivity index (χ4n) is 8.22. The molecule has 0 bridgehead atoms. The van der Waals surface area contributed by atoms with Gasteiger partial charge in [-0.25, -0.2) is 9.97 Å². The van der Waals surface area contributed by atoms with Crippen LogP contribution in [0.2, 0.25) is 0 Å². The van der Waals surface area contributed by atoms with Crippen LogP contribution in [0.4, 0.5) is 17.1 Å². The van der Waals surface area contributed by atoms with Crippen LogP contribution in [-0.2, 0) is 0 Å². The number of aromatic nitrogens is 2. The number of para-hydroxylation sites is 3. The molecule has 4 nitrogen and oxygen atoms in total. The van der Waals surface area contributed by atoms with Gasteiger partial charge in [0.05, 0.1) is 22.4 Å². The molecule has 0 aliphatic carbocycles. The Morgan fingerprint density at radius 3 is 1.62 bits per heavy atom. The van der Waals surface area contributed by atoms with E-state index in [1.807, 2.05) is 54.6 Å². The number of nitrogens with zero attached hydrogens (tertiary/aromatic N) is 3. The van der Waals surface area contributed by atoms with Crippen molar-refractivity contribution in [3.63, 3.8) is 0 Å². The summed E-state index contributed by atoms with van der Waals surface area (Å²) in [5.41, 5.74) is 14.7. The Bertz CT molecular complexity index is 3260. The molecule has 9 aromatic carbocycles. The van der Waals surface area contributed by atoms with Gasteiger partial charge in [0.25, 0.3) is 0 Å². The molecule has 0 fully saturated rings. The molecule has 0 spiro atoms. The maximum atomic E-state index is 6.78. The van der Waals surface area contributed by atoms with Gasteiger partial charge in [0, 0.05) is 44.5 Å². The summed E-state index contributed by atoms with van der Waals surface area (Å²) >= 11 is 0. The molecule has 0 amide bonds. The minimum Gasteiger partial charge on any atom is -0.455 e. The fourth-order valence-corrected chi connectivity index (χ4v) is 8.22. The molecule has 0 aliphatic heterocycles. The minimum atomic E-state index is 0.823. The molecule has 0 unspecified atom stereocenters. The van der Waals surface area contributed by atoms with Crippen molar-refractivity contribution < 1.29 is 4.42 Å². The van der Waals surface area contributed by atoms with Crippen LogP contribution >= 0.6 is 0 Å². The third-order valence-corrected chi connectivity index (χ3v) is 11.1. The number of fused-ring (bicyclic) bond motifs is 5. The Morgan fingerprint density at radius 1 is 0.362 bits per heavy atom. The number of rotatable bonds is 7. The van der Waals surface area contributed by atoms with Gasteiger partial charge < -0.3 is 9.32 Å². The van der Waals surface area contributed by atoms with Gasteiger partial charge >= 0.3 is 0 Å². The molecule has 11 rings (SSSR count). The molecule has 0 aliphatic rings. The number of anilines is 3. The number of benzene rings is 9. The predicted octanol–water partition coefficient (Wildman–Crippen LogP) is 14.8. The highest BCUT2D eigenvalue weighted by Gasteiger charge is 2.22. The Morgan fingerprint density at radius 2 is 0.897 bits per heavy atom. The average molecular weight is 742 g/mol. The van der Waals surface area contributed by atoms with E-state index in [0.717, 1.165) is 83.7 Å². The summed E-state index contributed by atoms with van der Waals surface area (Å²) in [6, 6.07) is 74.4. The van der Waals surface area contributed by atoms with Gasteiger partial charge in [0.15, 0.2) is 0 Å². The normalized spacial score (nSPS) is 11.4. The van der Waals surface area contributed by atoms with Gasteiger partial charge in [0.1, 0.15) is 11.2 Å². The highest BCUT2D eigenvalue weighted by Crippen LogP contribution is 2.45. The summed E-state index contributed by atoms with van der Waals surface area (Å²) in [6.07, 6.45) is 0. The van der Waals surface area contributed by atoms with E-state index in [1.54, 1.807) is 0 Å². The van der Waals surface area contributed by atoms with Gasteiger partial charge in [-0.1, -0.05) is 152 Å². The molecule has 272 valence electrons. The van der Waals surface area contributed by atoms with Crippen LogP contribution in [0.1, 0.15) is 0 Å². The monoisotopic (exact) mass is 741 g/mol. The summed E-state index contributed by atoms with van der Waals surface area (Å²) in [7, 11) is 0. The van der Waals surface area contributed by atoms with Crippen molar-refractivity contribution in [1.82, 2.24) is 9.97 Å². The van der Waals surface area contributed by atoms with E-state index in [2.05, 4.69) is 163 Å². The van der Waals surface area contributed by atoms with Gasteiger partial charge in [-0.2, -0.15) is 0 Å². The Labute approximate surface area is 335 Å². The summed E-state index contributed by atoms with van der Waals surface area (Å²) in [4.78, 5) is 12.8. The van der Waals surface area contributed by atoms with E-state index in [4.69, 9.17) is 14.4 Å². The van der Waals surface area contributed by atoms with Crippen LogP contribution in [0, 0.1) is 0 Å². The van der Waals surface area contributed by atoms with Crippen molar-refractivity contribution in [3.05, 3.63) is 212 Å². The second-order valence-electron chi connectivity index (χ2n) is 14.6. The summed E-state index contributed by atoms with van der Waals surface area (Å²) in [5.74, 6) is 0. The summed E-state index contributed by atoms with van der Waals surface area (Å²) in [5, 5.41) is 4.47. The molecular formula is C54H35N3O. The third kappa shape index (κ3) is 5.87. The first-order valence-corrected chi connectivity index (χ1v) is 19.6. The molecule has 0 N–H and O–H groups in total. The van der Waals surface area contributed by atoms with Crippen LogP contribution in [0.25, 0.3) is 88.5 Å². The van der Waals surface area contributed by atoms with E-state index < -0.39 is 0 Å². The lowest BCUT2D eigenvalue weighted by molar-refractivity contribution is 0.670. The second kappa shape index (κ2) is 14.0. The molecule has 11 aromatic rings. The standard InChI is InChI=1S/C54H35N3O/c1-3-13-36(14-4-1)38-23-28-42(29-24-38)57(44-32-25-37-15-7-8-18-41(37)35-44)43-30-26-39(27-31-43)45-33-34-47(51-46-19-9-12-22-50(46)58-54(45)51)53-52(40-16-5-2-6-17-40)55-48-20-10-11-21-49(48)56-53/h1-35H. The largest absolute Gasteiger partial charge is 0.455 e. The lowest BCUT2D eigenvalue weighted by Gasteiger charge is -2.26. The van der Waals surface area contributed by atoms with Crippen molar-refractivity contribution in [1.29, 1.82) is 0 Å². The van der Waals surface area contributed by atoms with Crippen LogP contribution in [-0.4, -0.2) is 9.97 Å². The van der Waals surface area contributed by atoms with E-state index in [-0.39, 0.29) is 0 Å². The van der Waals surface area contributed by atoms with Crippen LogP contribution < -0.4 is 4.90 Å². The molecule has 2 heterocycles. The number of furan rings is 1. The molecule has 4 heteroatoms. The molecule has 2 aromatic heterocycles. The maximum absolute atomic E-state index is 6.78. The average Bonchev–Trinajstić information content (AvgIpc) is 3.69. The second-order valence-corrected chi connectivity index (χ2v) is 14.6. The maximum Gasteiger partial charge on any atom is 0.143 e. The predicted molar refractivity (Wildman–Crippen MR) is 241 cm³/mol. The van der Waals surface area contributed by atoms with E-state index in [9.17, 15) is 0 Å². The fraction of sp³-hybridized carbons (Fsp3) is 0. The van der Waals surface area contributed by atoms with Gasteiger partial charge in [-0.3, -0.25) is 0 Å². The first-order valence-electron chi connectivity index (χ1n) is 19.6. The van der Waals surface area contributed by atoms with Gasteiger partial charge in [-0.15, -0.1) is 0 Å². The van der Waals surface area contributed by atoms with Gasteiger partial charge in [0.2, 0.25) is 0 Å². The van der Waals surface area contributed by atoms with Crippen molar-refractivity contribution >= 4 is 60.8 Å². The zero-order valence-corrected chi connectivity index (χ0v) is 31.5. The SMILES string of the molecule is c1ccc(-c2ccc(N(c3ccc(-c4ccc(-c5nc6ccccc6nc5-c5ccccc5)c5c4oc4ccccc45)cc3)c3ccc4ccccc4c3)cc2)cc1. The van der Waals surface area contributed by atoms with E-state index in [0.29, 0.717) is 0 Å². The highest BCUT2D eigenvalue weighted by atomic mass is 16.3. The summed E-state index contributed by atoms with van der Waals surface area (Å²) in [6.45, 7) is 0. The number of hydrogen-bond acceptors (Lipinski definition) is 4. The van der Waals surface area contributed by atoms with Crippen molar-refractivity contribution in [2.75, 3.05) is 4.90 Å². The topological polar surface area (TPSA) is 42.2 Å². The van der Waals surface area contributed by atoms with Crippen molar-refractivity contribution in [2.45, 2.75) is 0 Å².